The molecule has 70 heavy (non-hydrogen) atoms. The van der Waals surface area contributed by atoms with Gasteiger partial charge in [0.25, 0.3) is 11.4 Å². The van der Waals surface area contributed by atoms with Crippen molar-refractivity contribution in [1.82, 2.24) is 25.0 Å². The molecule has 2 fully saturated rings. The van der Waals surface area contributed by atoms with Crippen LogP contribution in [0.5, 0.6) is 0 Å². The minimum Gasteiger partial charge on any atom is -0.499 e. The fraction of sp³-hybridized carbons (Fsp3) is 0.605. The number of non-ortho nitro benzene ring substituents is 1. The third kappa shape index (κ3) is 20.4. The molecular weight excluding hydrogens is 947 g/mol. The van der Waals surface area contributed by atoms with Gasteiger partial charge in [-0.1, -0.05) is 0 Å². The van der Waals surface area contributed by atoms with E-state index in [1.165, 1.54) is 36.0 Å². The molecule has 26 nitrogen and oxygen atoms in total. The van der Waals surface area contributed by atoms with Crippen molar-refractivity contribution in [2.45, 2.75) is 44.0 Å². The number of hydrogen-bond acceptors (Lipinski definition) is 23. The van der Waals surface area contributed by atoms with Gasteiger partial charge in [0.05, 0.1) is 127 Å². The Morgan fingerprint density at radius 3 is 2.10 bits per heavy atom. The van der Waals surface area contributed by atoms with Gasteiger partial charge in [0.15, 0.2) is 11.6 Å². The highest BCUT2D eigenvalue weighted by Gasteiger charge is 2.52. The maximum Gasteiger partial charge on any atom is 0.299 e. The summed E-state index contributed by atoms with van der Waals surface area (Å²) >= 11 is 1.27. The normalized spacial score (nSPS) is 18.3. The summed E-state index contributed by atoms with van der Waals surface area (Å²) in [5, 5.41) is 34.2. The number of nitrogens with zero attached hydrogens (tertiary/aromatic N) is 5. The Morgan fingerprint density at radius 1 is 0.786 bits per heavy atom. The van der Waals surface area contributed by atoms with Crippen molar-refractivity contribution in [2.24, 2.45) is 0 Å². The van der Waals surface area contributed by atoms with Gasteiger partial charge in [0.1, 0.15) is 37.2 Å². The number of rotatable bonds is 36. The molecule has 4 atom stereocenters. The highest BCUT2D eigenvalue weighted by atomic mass is 32.1. The molecular formula is C43H61N9O17S. The number of anilines is 2. The minimum atomic E-state index is -0.776. The topological polar surface area (TPSA) is 309 Å². The van der Waals surface area contributed by atoms with Crippen LogP contribution in [0.25, 0.3) is 11.4 Å². The third-order valence-electron chi connectivity index (χ3n) is 9.82. The zero-order valence-corrected chi connectivity index (χ0v) is 39.8. The molecule has 5 rings (SSSR count). The molecule has 1 aromatic carbocycles. The lowest BCUT2D eigenvalue weighted by Crippen LogP contribution is -2.55. The van der Waals surface area contributed by atoms with Gasteiger partial charge in [-0.05, 0) is 32.0 Å². The van der Waals surface area contributed by atoms with E-state index in [4.69, 9.17) is 52.1 Å². The number of carbonyl (C=O) groups is 2. The highest BCUT2D eigenvalue weighted by molar-refractivity contribution is 7.09. The molecule has 0 spiro atoms. The predicted octanol–water partition coefficient (Wildman–Crippen LogP) is 2.11. The molecule has 27 heteroatoms. The van der Waals surface area contributed by atoms with Crippen LogP contribution in [0.3, 0.4) is 0 Å². The number of pyridine rings is 1. The molecule has 0 bridgehead atoms. The average molecular weight is 1010 g/mol. The van der Waals surface area contributed by atoms with E-state index in [1.54, 1.807) is 12.4 Å². The zero-order valence-electron chi connectivity index (χ0n) is 39.0. The monoisotopic (exact) mass is 1010 g/mol. The largest absolute Gasteiger partial charge is 0.499 e. The first-order chi connectivity index (χ1) is 34.0. The first-order valence-electron chi connectivity index (χ1n) is 22.5. The summed E-state index contributed by atoms with van der Waals surface area (Å²) in [6.45, 7) is 8.86. The van der Waals surface area contributed by atoms with Crippen LogP contribution < -0.4 is 21.3 Å². The van der Waals surface area contributed by atoms with Gasteiger partial charge in [-0.3, -0.25) is 34.8 Å². The molecule has 2 aliphatic rings. The van der Waals surface area contributed by atoms with E-state index in [1.807, 2.05) is 26.0 Å². The molecule has 2 aliphatic heterocycles. The smallest absolute Gasteiger partial charge is 0.299 e. The van der Waals surface area contributed by atoms with Crippen molar-refractivity contribution in [3.05, 3.63) is 75.3 Å². The van der Waals surface area contributed by atoms with E-state index in [-0.39, 0.29) is 107 Å². The number of fused-ring (bicyclic) bond motifs is 1. The SMILES string of the molecule is CC1(C)O[C@@H]2[C@H](O1)[C@@H](Nc1nc(-c3ccncc3)ns1)CO[C@@H]2COCCOCCOCCOCCNC(=O)C=COCCNC(=O)COCCOCCOCCNc1ccc([N+](=O)[O-])cc1[N+](=O)[O-]. The number of nitrogens with one attached hydrogen (secondary N) is 4. The predicted molar refractivity (Wildman–Crippen MR) is 249 cm³/mol. The van der Waals surface area contributed by atoms with Crippen LogP contribution in [0.2, 0.25) is 0 Å². The molecule has 386 valence electrons. The molecule has 4 N–H and O–H groups in total. The average Bonchev–Trinajstić information content (AvgIpc) is 3.96. The fourth-order valence-corrected chi connectivity index (χ4v) is 7.25. The Hall–Kier alpha value is -5.59. The number of ether oxygens (including phenoxy) is 11. The van der Waals surface area contributed by atoms with Crippen LogP contribution in [-0.4, -0.2) is 191 Å². The maximum atomic E-state index is 12.0. The summed E-state index contributed by atoms with van der Waals surface area (Å²) in [5.74, 6) is -0.857. The first kappa shape index (κ1) is 55.3. The van der Waals surface area contributed by atoms with Crippen molar-refractivity contribution >= 4 is 45.5 Å². The standard InChI is InChI=1S/C43H61N9O17S/c1-43(2)68-39-34(48-42-49-41(50-70-42)31-5-8-44-9-6-31)28-67-36(40(39)69-43)29-65-25-23-64-22-21-62-19-18-61-16-11-46-37(53)7-13-59-15-12-47-38(54)30-66-26-24-63-20-17-60-14-10-45-33-4-3-32(51(55)56)27-35(33)52(57)58/h3-9,13,27,34,36,39-40,45H,10-12,14-26,28-30H2,1-2H3,(H,46,53)(H,47,54)(H,48,49,50)/t34-,36+,39+,40-/m0/s1. The molecule has 2 amide bonds. The van der Waals surface area contributed by atoms with Crippen LogP contribution in [-0.2, 0) is 61.7 Å². The van der Waals surface area contributed by atoms with E-state index in [2.05, 4.69) is 35.6 Å². The molecule has 0 unspecified atom stereocenters. The third-order valence-corrected chi connectivity index (χ3v) is 10.5. The second-order valence-electron chi connectivity index (χ2n) is 15.5. The number of amides is 2. The number of carbonyl (C=O) groups excluding carboxylic acids is 2. The second-order valence-corrected chi connectivity index (χ2v) is 16.2. The van der Waals surface area contributed by atoms with Crippen LogP contribution in [0.1, 0.15) is 13.8 Å². The van der Waals surface area contributed by atoms with Gasteiger partial charge in [-0.25, -0.2) is 0 Å². The van der Waals surface area contributed by atoms with Crippen LogP contribution in [0.15, 0.2) is 55.1 Å². The number of hydrogen-bond donors (Lipinski definition) is 4. The molecule has 0 radical (unpaired) electrons. The van der Waals surface area contributed by atoms with E-state index in [9.17, 15) is 29.8 Å². The van der Waals surface area contributed by atoms with Crippen molar-refractivity contribution in [1.29, 1.82) is 0 Å². The fourth-order valence-electron chi connectivity index (χ4n) is 6.60. The van der Waals surface area contributed by atoms with Crippen molar-refractivity contribution in [3.8, 4) is 11.4 Å². The van der Waals surface area contributed by atoms with Gasteiger partial charge >= 0.3 is 0 Å². The van der Waals surface area contributed by atoms with E-state index < -0.39 is 21.3 Å². The van der Waals surface area contributed by atoms with Gasteiger partial charge in [0, 0.05) is 54.7 Å². The number of benzene rings is 1. The summed E-state index contributed by atoms with van der Waals surface area (Å²) in [5.41, 5.74) is 0.258. The lowest BCUT2D eigenvalue weighted by atomic mass is 9.98. The Balaban J connectivity index is 0.750. The summed E-state index contributed by atoms with van der Waals surface area (Å²) in [6.07, 6.45) is 4.95. The zero-order chi connectivity index (χ0) is 49.8. The van der Waals surface area contributed by atoms with Crippen molar-refractivity contribution in [2.75, 3.05) is 136 Å². The molecule has 0 aliphatic carbocycles. The molecule has 2 aromatic heterocycles. The van der Waals surface area contributed by atoms with Gasteiger partial charge in [-0.15, -0.1) is 0 Å². The van der Waals surface area contributed by atoms with Crippen molar-refractivity contribution in [3.63, 3.8) is 0 Å². The van der Waals surface area contributed by atoms with Gasteiger partial charge in [0.2, 0.25) is 16.9 Å². The lowest BCUT2D eigenvalue weighted by molar-refractivity contribution is -0.393. The summed E-state index contributed by atoms with van der Waals surface area (Å²) in [6, 6.07) is 6.88. The minimum absolute atomic E-state index is 0.144. The highest BCUT2D eigenvalue weighted by Crippen LogP contribution is 2.37. The van der Waals surface area contributed by atoms with Crippen LogP contribution in [0.4, 0.5) is 22.2 Å². The molecule has 2 saturated heterocycles. The molecule has 0 saturated carbocycles. The Kier molecular flexibility index (Phi) is 24.4. The molecule has 3 aromatic rings. The number of aromatic nitrogens is 3. The van der Waals surface area contributed by atoms with Gasteiger partial charge < -0.3 is 73.4 Å². The van der Waals surface area contributed by atoms with E-state index >= 15 is 0 Å². The Labute approximate surface area is 407 Å². The first-order valence-corrected chi connectivity index (χ1v) is 23.3. The van der Waals surface area contributed by atoms with Crippen LogP contribution in [0, 0.1) is 20.2 Å². The maximum absolute atomic E-state index is 12.0. The summed E-state index contributed by atoms with van der Waals surface area (Å²) < 4.78 is 66.9. The Bertz CT molecular complexity index is 2070. The second kappa shape index (κ2) is 30.9. The summed E-state index contributed by atoms with van der Waals surface area (Å²) in [7, 11) is 0. The Morgan fingerprint density at radius 2 is 1.41 bits per heavy atom. The number of nitro benzene ring substituents is 2. The molecule has 4 heterocycles. The number of nitro groups is 2. The van der Waals surface area contributed by atoms with Crippen molar-refractivity contribution < 1.29 is 71.5 Å². The van der Waals surface area contributed by atoms with Crippen LogP contribution >= 0.6 is 11.5 Å². The van der Waals surface area contributed by atoms with E-state index in [0.29, 0.717) is 77.0 Å². The summed E-state index contributed by atoms with van der Waals surface area (Å²) in [4.78, 5) is 53.2. The lowest BCUT2D eigenvalue weighted by Gasteiger charge is -2.37. The van der Waals surface area contributed by atoms with E-state index in [0.717, 1.165) is 11.6 Å². The quantitative estimate of drug-likeness (QED) is 0.0213. The van der Waals surface area contributed by atoms with Gasteiger partial charge in [-0.2, -0.15) is 9.36 Å².